The highest BCUT2D eigenvalue weighted by molar-refractivity contribution is 5.46. The molecule has 60 valence electrons. The zero-order valence-electron chi connectivity index (χ0n) is 5.48. The molecule has 1 amide bonds. The zero-order chi connectivity index (χ0) is 8.20. The summed E-state index contributed by atoms with van der Waals surface area (Å²) in [4.78, 5) is 10.7. The van der Waals surface area contributed by atoms with Crippen LogP contribution in [0.1, 0.15) is 6.42 Å². The number of rotatable bonds is 3. The summed E-state index contributed by atoms with van der Waals surface area (Å²) in [6, 6.07) is 0. The number of alkyl halides is 3. The molecule has 0 N–H and O–H groups in total. The van der Waals surface area contributed by atoms with Crippen LogP contribution < -0.4 is 0 Å². The Balaban J connectivity index is 3.45. The normalized spacial score (nSPS) is 11.2. The monoisotopic (exact) mass is 155 g/mol. The zero-order valence-corrected chi connectivity index (χ0v) is 5.48. The van der Waals surface area contributed by atoms with Gasteiger partial charge < -0.3 is 4.90 Å². The molecule has 0 heterocycles. The summed E-state index contributed by atoms with van der Waals surface area (Å²) in [7, 11) is 1.30. The maximum absolute atomic E-state index is 11.4. The summed E-state index contributed by atoms with van der Waals surface area (Å²) < 4.78 is 34.2. The van der Waals surface area contributed by atoms with E-state index in [0.717, 1.165) is 4.90 Å². The van der Waals surface area contributed by atoms with Crippen molar-refractivity contribution in [3.05, 3.63) is 0 Å². The number of nitrogens with zero attached hydrogens (tertiary/aromatic N) is 1. The van der Waals surface area contributed by atoms with Crippen LogP contribution in [0.4, 0.5) is 13.2 Å². The average Bonchev–Trinajstić information content (AvgIpc) is 1.81. The van der Waals surface area contributed by atoms with Gasteiger partial charge in [-0.05, 0) is 0 Å². The second-order valence-corrected chi connectivity index (χ2v) is 1.95. The number of hydrogen-bond acceptors (Lipinski definition) is 1. The standard InChI is InChI=1S/C5H8F3NO/c1-9(4-10)3-2-5(6,7)8/h4H,2-3H2,1H3. The maximum Gasteiger partial charge on any atom is 0.390 e. The first-order chi connectivity index (χ1) is 4.45. The summed E-state index contributed by atoms with van der Waals surface area (Å²) in [6.07, 6.45) is -4.74. The lowest BCUT2D eigenvalue weighted by Gasteiger charge is -2.11. The van der Waals surface area contributed by atoms with Crippen molar-refractivity contribution < 1.29 is 18.0 Å². The first kappa shape index (κ1) is 9.26. The van der Waals surface area contributed by atoms with Crippen LogP contribution in [0.15, 0.2) is 0 Å². The van der Waals surface area contributed by atoms with E-state index in [-0.39, 0.29) is 6.54 Å². The van der Waals surface area contributed by atoms with Gasteiger partial charge in [-0.3, -0.25) is 4.79 Å². The molecule has 10 heavy (non-hydrogen) atoms. The van der Waals surface area contributed by atoms with Crippen molar-refractivity contribution >= 4 is 6.41 Å². The summed E-state index contributed by atoms with van der Waals surface area (Å²) in [6.45, 7) is -0.271. The Morgan fingerprint density at radius 2 is 2.00 bits per heavy atom. The van der Waals surface area contributed by atoms with Crippen molar-refractivity contribution in [2.75, 3.05) is 13.6 Å². The van der Waals surface area contributed by atoms with Crippen LogP contribution in [-0.2, 0) is 4.79 Å². The lowest BCUT2D eigenvalue weighted by atomic mass is 10.4. The van der Waals surface area contributed by atoms with Gasteiger partial charge in [-0.1, -0.05) is 0 Å². The Morgan fingerprint density at radius 3 is 2.30 bits per heavy atom. The van der Waals surface area contributed by atoms with E-state index in [1.165, 1.54) is 7.05 Å². The fraction of sp³-hybridized carbons (Fsp3) is 0.800. The molecular formula is C5H8F3NO. The number of amides is 1. The molecule has 0 atom stereocenters. The number of halogens is 3. The van der Waals surface area contributed by atoms with Crippen LogP contribution in [0, 0.1) is 0 Å². The van der Waals surface area contributed by atoms with Crippen LogP contribution in [0.25, 0.3) is 0 Å². The second kappa shape index (κ2) is 3.43. The fourth-order valence-electron chi connectivity index (χ4n) is 0.356. The van der Waals surface area contributed by atoms with Gasteiger partial charge in [0, 0.05) is 13.6 Å². The Morgan fingerprint density at radius 1 is 1.50 bits per heavy atom. The van der Waals surface area contributed by atoms with Gasteiger partial charge >= 0.3 is 6.18 Å². The van der Waals surface area contributed by atoms with Gasteiger partial charge in [0.05, 0.1) is 6.42 Å². The summed E-state index contributed by atoms with van der Waals surface area (Å²) in [5, 5.41) is 0. The number of carbonyl (C=O) groups excluding carboxylic acids is 1. The van der Waals surface area contributed by atoms with Gasteiger partial charge in [0.1, 0.15) is 0 Å². The topological polar surface area (TPSA) is 20.3 Å². The van der Waals surface area contributed by atoms with Crippen molar-refractivity contribution in [3.63, 3.8) is 0 Å². The molecular weight excluding hydrogens is 147 g/mol. The predicted octanol–water partition coefficient (Wildman–Crippen LogP) is 1.03. The molecule has 2 nitrogen and oxygen atoms in total. The molecule has 0 aromatic rings. The van der Waals surface area contributed by atoms with E-state index >= 15 is 0 Å². The molecule has 0 bridgehead atoms. The van der Waals surface area contributed by atoms with Crippen LogP contribution in [0.2, 0.25) is 0 Å². The smallest absolute Gasteiger partial charge is 0.348 e. The van der Waals surface area contributed by atoms with E-state index in [9.17, 15) is 18.0 Å². The van der Waals surface area contributed by atoms with Crippen LogP contribution in [-0.4, -0.2) is 31.1 Å². The first-order valence-corrected chi connectivity index (χ1v) is 2.68. The molecule has 0 aromatic heterocycles. The Kier molecular flexibility index (Phi) is 3.18. The highest BCUT2D eigenvalue weighted by Crippen LogP contribution is 2.18. The van der Waals surface area contributed by atoms with E-state index in [1.807, 2.05) is 0 Å². The van der Waals surface area contributed by atoms with Crippen molar-refractivity contribution in [2.45, 2.75) is 12.6 Å². The lowest BCUT2D eigenvalue weighted by molar-refractivity contribution is -0.139. The highest BCUT2D eigenvalue weighted by Gasteiger charge is 2.26. The maximum atomic E-state index is 11.4. The molecule has 0 rings (SSSR count). The van der Waals surface area contributed by atoms with Crippen molar-refractivity contribution in [1.29, 1.82) is 0 Å². The molecule has 0 aliphatic carbocycles. The van der Waals surface area contributed by atoms with Crippen LogP contribution in [0.5, 0.6) is 0 Å². The summed E-state index contributed by atoms with van der Waals surface area (Å²) in [5.74, 6) is 0. The minimum atomic E-state index is -4.17. The molecule has 0 aliphatic heterocycles. The molecule has 5 heteroatoms. The van der Waals surface area contributed by atoms with E-state index < -0.39 is 12.6 Å². The summed E-state index contributed by atoms with van der Waals surface area (Å²) >= 11 is 0. The molecule has 0 saturated heterocycles. The minimum Gasteiger partial charge on any atom is -0.348 e. The number of carbonyl (C=O) groups is 1. The van der Waals surface area contributed by atoms with Gasteiger partial charge in [-0.15, -0.1) is 0 Å². The molecule has 0 unspecified atom stereocenters. The molecule has 0 spiro atoms. The third kappa shape index (κ3) is 5.40. The Bertz CT molecular complexity index is 112. The molecule has 0 aromatic carbocycles. The van der Waals surface area contributed by atoms with Gasteiger partial charge in [-0.25, -0.2) is 0 Å². The largest absolute Gasteiger partial charge is 0.390 e. The van der Waals surface area contributed by atoms with E-state index in [4.69, 9.17) is 0 Å². The van der Waals surface area contributed by atoms with Crippen molar-refractivity contribution in [3.8, 4) is 0 Å². The Labute approximate surface area is 56.6 Å². The van der Waals surface area contributed by atoms with E-state index in [2.05, 4.69) is 0 Å². The first-order valence-electron chi connectivity index (χ1n) is 2.68. The molecule has 0 fully saturated rings. The molecule has 0 radical (unpaired) electrons. The van der Waals surface area contributed by atoms with Crippen LogP contribution in [0.3, 0.4) is 0 Å². The molecule has 0 aliphatic rings. The van der Waals surface area contributed by atoms with E-state index in [1.54, 1.807) is 0 Å². The van der Waals surface area contributed by atoms with Crippen molar-refractivity contribution in [2.24, 2.45) is 0 Å². The number of hydrogen-bond donors (Lipinski definition) is 0. The van der Waals surface area contributed by atoms with Gasteiger partial charge in [0.15, 0.2) is 0 Å². The lowest BCUT2D eigenvalue weighted by Crippen LogP contribution is -2.22. The second-order valence-electron chi connectivity index (χ2n) is 1.95. The van der Waals surface area contributed by atoms with Crippen molar-refractivity contribution in [1.82, 2.24) is 4.90 Å². The minimum absolute atomic E-state index is 0.271. The average molecular weight is 155 g/mol. The predicted molar refractivity (Wildman–Crippen MR) is 29.4 cm³/mol. The summed E-state index contributed by atoms with van der Waals surface area (Å²) in [5.41, 5.74) is 0. The SMILES string of the molecule is CN(C=O)CCC(F)(F)F. The third-order valence-electron chi connectivity index (χ3n) is 0.928. The quantitative estimate of drug-likeness (QED) is 0.557. The molecule has 0 saturated carbocycles. The van der Waals surface area contributed by atoms with Gasteiger partial charge in [0.25, 0.3) is 0 Å². The van der Waals surface area contributed by atoms with Gasteiger partial charge in [0.2, 0.25) is 6.41 Å². The Hall–Kier alpha value is -0.740. The fourth-order valence-corrected chi connectivity index (χ4v) is 0.356. The van der Waals surface area contributed by atoms with E-state index in [0.29, 0.717) is 6.41 Å². The van der Waals surface area contributed by atoms with Gasteiger partial charge in [-0.2, -0.15) is 13.2 Å². The highest BCUT2D eigenvalue weighted by atomic mass is 19.4. The van der Waals surface area contributed by atoms with Crippen LogP contribution >= 0.6 is 0 Å². The third-order valence-corrected chi connectivity index (χ3v) is 0.928.